The zero-order chi connectivity index (χ0) is 19.4. The van der Waals surface area contributed by atoms with Crippen molar-refractivity contribution in [2.24, 2.45) is 0 Å². The van der Waals surface area contributed by atoms with Crippen LogP contribution in [-0.4, -0.2) is 18.3 Å². The van der Waals surface area contributed by atoms with E-state index in [1.54, 1.807) is 36.4 Å². The zero-order valence-corrected chi connectivity index (χ0v) is 15.0. The Balaban J connectivity index is 1.69. The molecule has 0 bridgehead atoms. The van der Waals surface area contributed by atoms with E-state index in [0.29, 0.717) is 11.4 Å². The summed E-state index contributed by atoms with van der Waals surface area (Å²) >= 11 is 0. The largest absolute Gasteiger partial charge is 0.439 e. The average Bonchev–Trinajstić information content (AvgIpc) is 2.64. The summed E-state index contributed by atoms with van der Waals surface area (Å²) < 4.78 is 32.7. The molecule has 8 nitrogen and oxygen atoms in total. The molecule has 0 aliphatic rings. The number of hydrogen-bond acceptors (Lipinski definition) is 6. The number of ether oxygens (including phenoxy) is 1. The highest BCUT2D eigenvalue weighted by atomic mass is 32.2. The quantitative estimate of drug-likeness (QED) is 0.509. The number of pyridine rings is 1. The highest BCUT2D eigenvalue weighted by molar-refractivity contribution is 7.92. The summed E-state index contributed by atoms with van der Waals surface area (Å²) in [7, 11) is -3.68. The van der Waals surface area contributed by atoms with E-state index in [1.165, 1.54) is 24.3 Å². The van der Waals surface area contributed by atoms with E-state index < -0.39 is 14.9 Å². The fourth-order valence-electron chi connectivity index (χ4n) is 2.18. The van der Waals surface area contributed by atoms with Crippen molar-refractivity contribution in [2.45, 2.75) is 11.8 Å². The van der Waals surface area contributed by atoms with Crippen molar-refractivity contribution < 1.29 is 18.1 Å². The van der Waals surface area contributed by atoms with Gasteiger partial charge in [-0.2, -0.15) is 0 Å². The first-order valence-corrected chi connectivity index (χ1v) is 9.30. The molecule has 27 heavy (non-hydrogen) atoms. The van der Waals surface area contributed by atoms with E-state index in [4.69, 9.17) is 4.74 Å². The Morgan fingerprint density at radius 3 is 2.22 bits per heavy atom. The summed E-state index contributed by atoms with van der Waals surface area (Å²) in [4.78, 5) is 14.1. The monoisotopic (exact) mass is 385 g/mol. The second-order valence-corrected chi connectivity index (χ2v) is 7.34. The third-order valence-electron chi connectivity index (χ3n) is 3.59. The van der Waals surface area contributed by atoms with Gasteiger partial charge in [-0.15, -0.1) is 0 Å². The van der Waals surface area contributed by atoms with Crippen molar-refractivity contribution in [1.82, 2.24) is 4.98 Å². The van der Waals surface area contributed by atoms with E-state index in [9.17, 15) is 18.5 Å². The van der Waals surface area contributed by atoms with Gasteiger partial charge < -0.3 is 4.74 Å². The molecular formula is C18H15N3O5S. The smallest absolute Gasteiger partial charge is 0.287 e. The van der Waals surface area contributed by atoms with Crippen molar-refractivity contribution in [1.29, 1.82) is 0 Å². The maximum atomic E-state index is 12.4. The van der Waals surface area contributed by atoms with Gasteiger partial charge >= 0.3 is 0 Å². The van der Waals surface area contributed by atoms with Gasteiger partial charge in [0.25, 0.3) is 15.7 Å². The lowest BCUT2D eigenvalue weighted by atomic mass is 10.2. The Bertz CT molecular complexity index is 1050. The van der Waals surface area contributed by atoms with Crippen LogP contribution in [0.4, 0.5) is 11.4 Å². The van der Waals surface area contributed by atoms with Crippen LogP contribution in [0.1, 0.15) is 5.56 Å². The Kier molecular flexibility index (Phi) is 5.04. The lowest BCUT2D eigenvalue weighted by molar-refractivity contribution is -0.385. The summed E-state index contributed by atoms with van der Waals surface area (Å²) in [6.07, 6.45) is 1.10. The molecule has 138 valence electrons. The Hall–Kier alpha value is -3.46. The van der Waals surface area contributed by atoms with Crippen LogP contribution in [-0.2, 0) is 10.0 Å². The summed E-state index contributed by atoms with van der Waals surface area (Å²) in [5.74, 6) is 0.600. The second-order valence-electron chi connectivity index (χ2n) is 5.66. The lowest BCUT2D eigenvalue weighted by Gasteiger charge is -2.09. The minimum atomic E-state index is -3.68. The number of nitrogens with zero attached hydrogens (tertiary/aromatic N) is 2. The molecule has 0 aliphatic heterocycles. The third-order valence-corrected chi connectivity index (χ3v) is 4.99. The Morgan fingerprint density at radius 1 is 1.00 bits per heavy atom. The molecule has 0 atom stereocenters. The van der Waals surface area contributed by atoms with Gasteiger partial charge in [0.05, 0.1) is 9.82 Å². The van der Waals surface area contributed by atoms with Gasteiger partial charge in [0.2, 0.25) is 5.88 Å². The number of aryl methyl sites for hydroxylation is 1. The van der Waals surface area contributed by atoms with Crippen LogP contribution in [0.5, 0.6) is 11.6 Å². The topological polar surface area (TPSA) is 111 Å². The molecule has 3 rings (SSSR count). The normalized spacial score (nSPS) is 11.0. The molecular weight excluding hydrogens is 370 g/mol. The Labute approximate surface area is 155 Å². The van der Waals surface area contributed by atoms with E-state index in [1.807, 2.05) is 6.92 Å². The molecule has 1 N–H and O–H groups in total. The number of nitro groups is 1. The van der Waals surface area contributed by atoms with E-state index in [0.717, 1.165) is 11.8 Å². The molecule has 0 saturated heterocycles. The molecule has 0 saturated carbocycles. The van der Waals surface area contributed by atoms with Crippen molar-refractivity contribution in [2.75, 3.05) is 4.72 Å². The van der Waals surface area contributed by atoms with Crippen LogP contribution in [0.3, 0.4) is 0 Å². The predicted molar refractivity (Wildman–Crippen MR) is 99.4 cm³/mol. The molecule has 0 amide bonds. The molecule has 1 heterocycles. The number of benzene rings is 2. The van der Waals surface area contributed by atoms with Gasteiger partial charge in [0.15, 0.2) is 0 Å². The first-order valence-electron chi connectivity index (χ1n) is 7.81. The number of anilines is 1. The van der Waals surface area contributed by atoms with Crippen LogP contribution in [0.15, 0.2) is 71.8 Å². The van der Waals surface area contributed by atoms with Gasteiger partial charge in [-0.1, -0.05) is 17.7 Å². The summed E-state index contributed by atoms with van der Waals surface area (Å²) in [6, 6.07) is 15.4. The van der Waals surface area contributed by atoms with Gasteiger partial charge in [-0.25, -0.2) is 13.4 Å². The van der Waals surface area contributed by atoms with Gasteiger partial charge in [0, 0.05) is 17.8 Å². The van der Waals surface area contributed by atoms with E-state index >= 15 is 0 Å². The van der Waals surface area contributed by atoms with Gasteiger partial charge in [0.1, 0.15) is 11.9 Å². The van der Waals surface area contributed by atoms with Crippen LogP contribution < -0.4 is 9.46 Å². The number of hydrogen-bond donors (Lipinski definition) is 1. The first-order chi connectivity index (χ1) is 12.8. The fraction of sp³-hybridized carbons (Fsp3) is 0.0556. The lowest BCUT2D eigenvalue weighted by Crippen LogP contribution is -2.12. The molecule has 1 aromatic heterocycles. The van der Waals surface area contributed by atoms with Crippen molar-refractivity contribution in [3.63, 3.8) is 0 Å². The average molecular weight is 385 g/mol. The minimum absolute atomic E-state index is 0.136. The molecule has 0 spiro atoms. The van der Waals surface area contributed by atoms with Crippen LogP contribution in [0, 0.1) is 17.0 Å². The number of nitrogens with one attached hydrogen (secondary N) is 1. The van der Waals surface area contributed by atoms with Crippen LogP contribution in [0.2, 0.25) is 0 Å². The number of rotatable bonds is 6. The second kappa shape index (κ2) is 7.42. The zero-order valence-electron chi connectivity index (χ0n) is 14.2. The van der Waals surface area contributed by atoms with Gasteiger partial charge in [-0.05, 0) is 43.3 Å². The van der Waals surface area contributed by atoms with Crippen LogP contribution >= 0.6 is 0 Å². The first kappa shape index (κ1) is 18.3. The molecule has 0 unspecified atom stereocenters. The maximum Gasteiger partial charge on any atom is 0.287 e. The van der Waals surface area contributed by atoms with Crippen LogP contribution in [0.25, 0.3) is 0 Å². The molecule has 0 radical (unpaired) electrons. The van der Waals surface area contributed by atoms with Crippen molar-refractivity contribution in [3.05, 3.63) is 82.5 Å². The highest BCUT2D eigenvalue weighted by Gasteiger charge is 2.14. The van der Waals surface area contributed by atoms with Crippen molar-refractivity contribution >= 4 is 21.4 Å². The molecule has 9 heteroatoms. The standard InChI is InChI=1S/C18H15N3O5S/c1-13-2-9-17(10-3-13)27(24,25)20-14-4-7-16(8-5-14)26-18-11-6-15(12-19-18)21(22)23/h2-12,20H,1H3. The minimum Gasteiger partial charge on any atom is -0.439 e. The summed E-state index contributed by atoms with van der Waals surface area (Å²) in [6.45, 7) is 1.88. The number of sulfonamides is 1. The Morgan fingerprint density at radius 2 is 1.67 bits per heavy atom. The van der Waals surface area contributed by atoms with E-state index in [2.05, 4.69) is 9.71 Å². The van der Waals surface area contributed by atoms with E-state index in [-0.39, 0.29) is 16.5 Å². The summed E-state index contributed by atoms with van der Waals surface area (Å²) in [5, 5.41) is 10.6. The SMILES string of the molecule is Cc1ccc(S(=O)(=O)Nc2ccc(Oc3ccc([N+](=O)[O-])cn3)cc2)cc1. The number of aromatic nitrogens is 1. The molecule has 0 aliphatic carbocycles. The van der Waals surface area contributed by atoms with Gasteiger partial charge in [-0.3, -0.25) is 14.8 Å². The highest BCUT2D eigenvalue weighted by Crippen LogP contribution is 2.24. The maximum absolute atomic E-state index is 12.4. The fourth-order valence-corrected chi connectivity index (χ4v) is 3.24. The predicted octanol–water partition coefficient (Wildman–Crippen LogP) is 3.89. The molecule has 0 fully saturated rings. The summed E-state index contributed by atoms with van der Waals surface area (Å²) in [5.41, 5.74) is 1.21. The van der Waals surface area contributed by atoms with Crippen molar-refractivity contribution in [3.8, 4) is 11.6 Å². The molecule has 2 aromatic carbocycles. The third kappa shape index (κ3) is 4.59. The molecule has 3 aromatic rings.